The predicted molar refractivity (Wildman–Crippen MR) is 75.2 cm³/mol. The Morgan fingerprint density at radius 3 is 2.72 bits per heavy atom. The van der Waals surface area contributed by atoms with Crippen LogP contribution in [0.15, 0.2) is 51.7 Å². The first-order valence-corrected chi connectivity index (χ1v) is 6.77. The molecule has 1 aromatic carbocycles. The van der Waals surface area contributed by atoms with Crippen molar-refractivity contribution in [3.63, 3.8) is 0 Å². The number of aromatic nitrogens is 1. The van der Waals surface area contributed by atoms with Crippen molar-refractivity contribution in [3.05, 3.63) is 62.8 Å². The monoisotopic (exact) mass is 369 g/mol. The van der Waals surface area contributed by atoms with Crippen molar-refractivity contribution in [3.8, 4) is 0 Å². The van der Waals surface area contributed by atoms with Crippen LogP contribution in [0.4, 0.5) is 0 Å². The molecular formula is C13H9Br2NO2. The van der Waals surface area contributed by atoms with E-state index < -0.39 is 0 Å². The fourth-order valence-corrected chi connectivity index (χ4v) is 2.04. The minimum absolute atomic E-state index is 0.244. The molecule has 0 bridgehead atoms. The molecule has 92 valence electrons. The van der Waals surface area contributed by atoms with Crippen LogP contribution in [0.2, 0.25) is 0 Å². The van der Waals surface area contributed by atoms with Gasteiger partial charge in [0.05, 0.1) is 5.56 Å². The van der Waals surface area contributed by atoms with Gasteiger partial charge in [-0.15, -0.1) is 0 Å². The fourth-order valence-electron chi connectivity index (χ4n) is 1.36. The van der Waals surface area contributed by atoms with Crippen LogP contribution in [0.25, 0.3) is 0 Å². The third-order valence-corrected chi connectivity index (χ3v) is 3.18. The second kappa shape index (κ2) is 6.11. The van der Waals surface area contributed by atoms with E-state index in [-0.39, 0.29) is 12.6 Å². The summed E-state index contributed by atoms with van der Waals surface area (Å²) in [6.45, 7) is 0.244. The summed E-state index contributed by atoms with van der Waals surface area (Å²) >= 11 is 6.58. The Labute approximate surface area is 121 Å². The van der Waals surface area contributed by atoms with E-state index in [1.165, 1.54) is 6.20 Å². The Morgan fingerprint density at radius 1 is 1.22 bits per heavy atom. The highest BCUT2D eigenvalue weighted by molar-refractivity contribution is 9.10. The molecule has 18 heavy (non-hydrogen) atoms. The summed E-state index contributed by atoms with van der Waals surface area (Å²) in [7, 11) is 0. The van der Waals surface area contributed by atoms with E-state index in [0.29, 0.717) is 10.2 Å². The molecule has 0 aliphatic carbocycles. The van der Waals surface area contributed by atoms with Gasteiger partial charge in [0.25, 0.3) is 0 Å². The smallest absolute Gasteiger partial charge is 0.340 e. The number of nitrogens with zero attached hydrogens (tertiary/aromatic N) is 1. The second-order valence-corrected chi connectivity index (χ2v) is 5.30. The van der Waals surface area contributed by atoms with Gasteiger partial charge in [0.2, 0.25) is 0 Å². The number of benzene rings is 1. The summed E-state index contributed by atoms with van der Waals surface area (Å²) in [5, 5.41) is 0. The minimum Gasteiger partial charge on any atom is -0.457 e. The zero-order chi connectivity index (χ0) is 13.0. The van der Waals surface area contributed by atoms with Crippen LogP contribution in [0.5, 0.6) is 0 Å². The van der Waals surface area contributed by atoms with Gasteiger partial charge in [-0.25, -0.2) is 9.78 Å². The van der Waals surface area contributed by atoms with Crippen LogP contribution >= 0.6 is 31.9 Å². The molecule has 0 aliphatic heterocycles. The molecule has 0 unspecified atom stereocenters. The van der Waals surface area contributed by atoms with E-state index >= 15 is 0 Å². The molecule has 1 aromatic heterocycles. The maximum Gasteiger partial charge on any atom is 0.340 e. The number of hydrogen-bond acceptors (Lipinski definition) is 3. The average molecular weight is 371 g/mol. The summed E-state index contributed by atoms with van der Waals surface area (Å²) in [5.74, 6) is -0.380. The first-order chi connectivity index (χ1) is 8.65. The van der Waals surface area contributed by atoms with Gasteiger partial charge < -0.3 is 4.74 Å². The summed E-state index contributed by atoms with van der Waals surface area (Å²) < 4.78 is 6.84. The van der Waals surface area contributed by atoms with E-state index in [4.69, 9.17) is 4.74 Å². The highest BCUT2D eigenvalue weighted by Gasteiger charge is 2.07. The van der Waals surface area contributed by atoms with Crippen molar-refractivity contribution < 1.29 is 9.53 Å². The lowest BCUT2D eigenvalue weighted by atomic mass is 10.2. The van der Waals surface area contributed by atoms with Crippen LogP contribution < -0.4 is 0 Å². The zero-order valence-corrected chi connectivity index (χ0v) is 12.4. The quantitative estimate of drug-likeness (QED) is 0.606. The van der Waals surface area contributed by atoms with Crippen molar-refractivity contribution in [1.82, 2.24) is 4.98 Å². The van der Waals surface area contributed by atoms with Crippen molar-refractivity contribution in [2.75, 3.05) is 0 Å². The van der Waals surface area contributed by atoms with Crippen molar-refractivity contribution in [2.24, 2.45) is 0 Å². The molecule has 2 rings (SSSR count). The normalized spacial score (nSPS) is 10.1. The van der Waals surface area contributed by atoms with Gasteiger partial charge in [0, 0.05) is 10.7 Å². The van der Waals surface area contributed by atoms with Gasteiger partial charge in [-0.05, 0) is 45.8 Å². The van der Waals surface area contributed by atoms with Gasteiger partial charge in [0.15, 0.2) is 0 Å². The molecule has 1 heterocycles. The number of ether oxygens (including phenoxy) is 1. The molecule has 5 heteroatoms. The van der Waals surface area contributed by atoms with E-state index in [1.807, 2.05) is 24.3 Å². The Balaban J connectivity index is 1.98. The third kappa shape index (κ3) is 3.65. The largest absolute Gasteiger partial charge is 0.457 e. The molecular weight excluding hydrogens is 362 g/mol. The van der Waals surface area contributed by atoms with E-state index in [0.717, 1.165) is 10.0 Å². The van der Waals surface area contributed by atoms with E-state index in [1.54, 1.807) is 12.1 Å². The van der Waals surface area contributed by atoms with Crippen LogP contribution in [-0.4, -0.2) is 11.0 Å². The van der Waals surface area contributed by atoms with Gasteiger partial charge in [-0.2, -0.15) is 0 Å². The first kappa shape index (κ1) is 13.2. The molecule has 2 aromatic rings. The van der Waals surface area contributed by atoms with E-state index in [2.05, 4.69) is 36.8 Å². The highest BCUT2D eigenvalue weighted by atomic mass is 79.9. The summed E-state index contributed by atoms with van der Waals surface area (Å²) in [5.41, 5.74) is 1.37. The van der Waals surface area contributed by atoms with Crippen molar-refractivity contribution in [1.29, 1.82) is 0 Å². The topological polar surface area (TPSA) is 39.2 Å². The number of halogens is 2. The first-order valence-electron chi connectivity index (χ1n) is 5.18. The van der Waals surface area contributed by atoms with Crippen molar-refractivity contribution >= 4 is 37.8 Å². The lowest BCUT2D eigenvalue weighted by Crippen LogP contribution is -2.05. The third-order valence-electron chi connectivity index (χ3n) is 2.22. The fraction of sp³-hybridized carbons (Fsp3) is 0.0769. The molecule has 0 radical (unpaired) electrons. The molecule has 0 atom stereocenters. The molecule has 0 spiro atoms. The van der Waals surface area contributed by atoms with Crippen molar-refractivity contribution in [2.45, 2.75) is 6.61 Å². The Morgan fingerprint density at radius 2 is 2.06 bits per heavy atom. The standard InChI is InChI=1S/C13H9Br2NO2/c14-11-3-1-2-9(6-11)8-18-13(17)10-4-5-12(15)16-7-10/h1-7H,8H2. The second-order valence-electron chi connectivity index (χ2n) is 3.58. The summed E-state index contributed by atoms with van der Waals surface area (Å²) in [4.78, 5) is 15.7. The summed E-state index contributed by atoms with van der Waals surface area (Å²) in [6.07, 6.45) is 1.48. The number of esters is 1. The predicted octanol–water partition coefficient (Wildman–Crippen LogP) is 3.96. The number of carbonyl (C=O) groups excluding carboxylic acids is 1. The summed E-state index contributed by atoms with van der Waals surface area (Å²) in [6, 6.07) is 11.0. The molecule has 0 saturated heterocycles. The van der Waals surface area contributed by atoms with Crippen LogP contribution in [0.1, 0.15) is 15.9 Å². The Hall–Kier alpha value is -1.20. The SMILES string of the molecule is O=C(OCc1cccc(Br)c1)c1ccc(Br)nc1. The van der Waals surface area contributed by atoms with Gasteiger partial charge in [-0.3, -0.25) is 0 Å². The number of pyridine rings is 1. The van der Waals surface area contributed by atoms with E-state index in [9.17, 15) is 4.79 Å². The van der Waals surface area contributed by atoms with Gasteiger partial charge in [-0.1, -0.05) is 28.1 Å². The maximum absolute atomic E-state index is 11.7. The Kier molecular flexibility index (Phi) is 4.49. The maximum atomic E-state index is 11.7. The van der Waals surface area contributed by atoms with Crippen LogP contribution in [0.3, 0.4) is 0 Å². The molecule has 3 nitrogen and oxygen atoms in total. The molecule has 0 saturated carbocycles. The minimum atomic E-state index is -0.380. The molecule has 0 N–H and O–H groups in total. The molecule has 0 aliphatic rings. The molecule has 0 amide bonds. The average Bonchev–Trinajstić information content (AvgIpc) is 2.37. The van der Waals surface area contributed by atoms with Gasteiger partial charge >= 0.3 is 5.97 Å². The van der Waals surface area contributed by atoms with Gasteiger partial charge in [0.1, 0.15) is 11.2 Å². The van der Waals surface area contributed by atoms with Crippen LogP contribution in [0, 0.1) is 0 Å². The highest BCUT2D eigenvalue weighted by Crippen LogP contribution is 2.13. The molecule has 0 fully saturated rings. The zero-order valence-electron chi connectivity index (χ0n) is 9.27. The number of carbonyl (C=O) groups is 1. The number of rotatable bonds is 3. The lowest BCUT2D eigenvalue weighted by molar-refractivity contribution is 0.0472. The lowest BCUT2D eigenvalue weighted by Gasteiger charge is -2.05. The Bertz CT molecular complexity index is 555. The van der Waals surface area contributed by atoms with Crippen LogP contribution in [-0.2, 0) is 11.3 Å². The number of hydrogen-bond donors (Lipinski definition) is 0.